The van der Waals surface area contributed by atoms with Crippen molar-refractivity contribution in [3.8, 4) is 0 Å². The van der Waals surface area contributed by atoms with E-state index < -0.39 is 0 Å². The molecule has 2 atom stereocenters. The first-order valence-electron chi connectivity index (χ1n) is 11.4. The van der Waals surface area contributed by atoms with Crippen LogP contribution in [0.5, 0.6) is 0 Å². The smallest absolute Gasteiger partial charge is 0.180 e. The van der Waals surface area contributed by atoms with Gasteiger partial charge in [0.1, 0.15) is 0 Å². The van der Waals surface area contributed by atoms with Crippen LogP contribution in [0.1, 0.15) is 59.8 Å². The average Bonchev–Trinajstić information content (AvgIpc) is 3.37. The monoisotopic (exact) mass is 434 g/mol. The highest BCUT2D eigenvalue weighted by molar-refractivity contribution is 5.68. The minimum absolute atomic E-state index is 0.298. The molecule has 0 bridgehead atoms. The molecule has 2 aromatic rings. The molecule has 4 heteroatoms. The number of rotatable bonds is 11. The molecule has 170 valence electrons. The van der Waals surface area contributed by atoms with Gasteiger partial charge in [-0.2, -0.15) is 0 Å². The fourth-order valence-electron chi connectivity index (χ4n) is 5.38. The molecule has 0 aromatic heterocycles. The van der Waals surface area contributed by atoms with Gasteiger partial charge < -0.3 is 18.9 Å². The second-order valence-electron chi connectivity index (χ2n) is 8.54. The zero-order valence-electron chi connectivity index (χ0n) is 19.5. The van der Waals surface area contributed by atoms with Crippen LogP contribution in [-0.4, -0.2) is 41.0 Å². The molecular formula is C28H34O4. The normalized spacial score (nSPS) is 19.3. The van der Waals surface area contributed by atoms with Gasteiger partial charge in [-0.3, -0.25) is 0 Å². The summed E-state index contributed by atoms with van der Waals surface area (Å²) >= 11 is 0. The summed E-state index contributed by atoms with van der Waals surface area (Å²) in [5.41, 5.74) is 7.78. The third-order valence-electron chi connectivity index (χ3n) is 6.83. The lowest BCUT2D eigenvalue weighted by Gasteiger charge is -2.24. The number of hydrogen-bond acceptors (Lipinski definition) is 4. The van der Waals surface area contributed by atoms with E-state index in [4.69, 9.17) is 18.9 Å². The minimum atomic E-state index is -0.298. The van der Waals surface area contributed by atoms with Crippen LogP contribution in [0.3, 0.4) is 0 Å². The van der Waals surface area contributed by atoms with E-state index in [1.165, 1.54) is 33.4 Å². The number of benzene rings is 2. The Kier molecular flexibility index (Phi) is 7.59. The van der Waals surface area contributed by atoms with Gasteiger partial charge in [-0.05, 0) is 58.4 Å². The highest BCUT2D eigenvalue weighted by Crippen LogP contribution is 2.44. The molecule has 2 aliphatic rings. The summed E-state index contributed by atoms with van der Waals surface area (Å²) in [4.78, 5) is 0. The highest BCUT2D eigenvalue weighted by atomic mass is 16.7. The van der Waals surface area contributed by atoms with E-state index in [1.54, 1.807) is 28.4 Å². The fraction of sp³-hybridized carbons (Fsp3) is 0.429. The SMILES string of the molecule is COC(OC)C1=Cc2ccccc2C1CCCCC1C(C(OC)OC)=Cc2ccccc21. The van der Waals surface area contributed by atoms with E-state index in [0.29, 0.717) is 11.8 Å². The van der Waals surface area contributed by atoms with Gasteiger partial charge in [-0.1, -0.05) is 61.4 Å². The Morgan fingerprint density at radius 2 is 0.969 bits per heavy atom. The van der Waals surface area contributed by atoms with Crippen molar-refractivity contribution >= 4 is 12.2 Å². The van der Waals surface area contributed by atoms with E-state index >= 15 is 0 Å². The van der Waals surface area contributed by atoms with Crippen molar-refractivity contribution in [2.24, 2.45) is 0 Å². The van der Waals surface area contributed by atoms with E-state index in [-0.39, 0.29) is 12.6 Å². The molecule has 0 saturated heterocycles. The molecular weight excluding hydrogens is 400 g/mol. The Morgan fingerprint density at radius 3 is 1.34 bits per heavy atom. The van der Waals surface area contributed by atoms with Gasteiger partial charge in [0, 0.05) is 40.3 Å². The van der Waals surface area contributed by atoms with Crippen molar-refractivity contribution in [3.05, 3.63) is 81.9 Å². The predicted molar refractivity (Wildman–Crippen MR) is 128 cm³/mol. The van der Waals surface area contributed by atoms with Crippen LogP contribution in [-0.2, 0) is 18.9 Å². The van der Waals surface area contributed by atoms with E-state index in [0.717, 1.165) is 25.7 Å². The number of hydrogen-bond donors (Lipinski definition) is 0. The molecule has 32 heavy (non-hydrogen) atoms. The summed E-state index contributed by atoms with van der Waals surface area (Å²) < 4.78 is 22.4. The third-order valence-corrected chi connectivity index (χ3v) is 6.83. The molecule has 0 fully saturated rings. The molecule has 0 aliphatic heterocycles. The van der Waals surface area contributed by atoms with Crippen molar-refractivity contribution < 1.29 is 18.9 Å². The molecule has 0 radical (unpaired) electrons. The van der Waals surface area contributed by atoms with Crippen molar-refractivity contribution in [1.29, 1.82) is 0 Å². The van der Waals surface area contributed by atoms with Crippen molar-refractivity contribution in [3.63, 3.8) is 0 Å². The van der Waals surface area contributed by atoms with Gasteiger partial charge in [-0.15, -0.1) is 0 Å². The van der Waals surface area contributed by atoms with Gasteiger partial charge >= 0.3 is 0 Å². The Bertz CT molecular complexity index is 889. The number of fused-ring (bicyclic) bond motifs is 2. The first kappa shape index (κ1) is 22.9. The van der Waals surface area contributed by atoms with Crippen LogP contribution in [0.25, 0.3) is 12.2 Å². The topological polar surface area (TPSA) is 36.9 Å². The summed E-state index contributed by atoms with van der Waals surface area (Å²) in [5, 5.41) is 0. The lowest BCUT2D eigenvalue weighted by atomic mass is 9.86. The molecule has 0 N–H and O–H groups in total. The second kappa shape index (κ2) is 10.6. The van der Waals surface area contributed by atoms with Crippen LogP contribution >= 0.6 is 0 Å². The zero-order valence-corrected chi connectivity index (χ0v) is 19.5. The first-order valence-corrected chi connectivity index (χ1v) is 11.4. The van der Waals surface area contributed by atoms with Gasteiger partial charge in [0.2, 0.25) is 0 Å². The quantitative estimate of drug-likeness (QED) is 0.314. The summed E-state index contributed by atoms with van der Waals surface area (Å²) in [7, 11) is 6.84. The van der Waals surface area contributed by atoms with Crippen LogP contribution in [0, 0.1) is 0 Å². The lowest BCUT2D eigenvalue weighted by molar-refractivity contribution is -0.0776. The lowest BCUT2D eigenvalue weighted by Crippen LogP contribution is -2.20. The average molecular weight is 435 g/mol. The Morgan fingerprint density at radius 1 is 0.594 bits per heavy atom. The first-order chi connectivity index (χ1) is 15.7. The van der Waals surface area contributed by atoms with E-state index in [1.807, 2.05) is 0 Å². The molecule has 4 rings (SSSR count). The van der Waals surface area contributed by atoms with Gasteiger partial charge in [-0.25, -0.2) is 0 Å². The minimum Gasteiger partial charge on any atom is -0.352 e. The standard InChI is InChI=1S/C28H34O4/c1-29-27(30-2)25-17-19-11-5-7-13-21(19)23(25)15-9-10-16-24-22-14-8-6-12-20(22)18-26(24)28(31-3)32-4/h5-8,11-14,17-18,23-24,27-28H,9-10,15-16H2,1-4H3. The predicted octanol–water partition coefficient (Wildman–Crippen LogP) is 6.15. The molecule has 0 amide bonds. The summed E-state index contributed by atoms with van der Waals surface area (Å²) in [6, 6.07) is 17.3. The maximum atomic E-state index is 5.61. The second-order valence-corrected chi connectivity index (χ2v) is 8.54. The van der Waals surface area contributed by atoms with Crippen LogP contribution < -0.4 is 0 Å². The zero-order chi connectivity index (χ0) is 22.5. The largest absolute Gasteiger partial charge is 0.352 e. The maximum absolute atomic E-state index is 5.61. The third kappa shape index (κ3) is 4.46. The van der Waals surface area contributed by atoms with Crippen molar-refractivity contribution in [2.75, 3.05) is 28.4 Å². The molecule has 0 spiro atoms. The Hall–Kier alpha value is -2.24. The fourth-order valence-corrected chi connectivity index (χ4v) is 5.38. The van der Waals surface area contributed by atoms with Crippen LogP contribution in [0.15, 0.2) is 59.7 Å². The molecule has 2 aromatic carbocycles. The van der Waals surface area contributed by atoms with Crippen molar-refractivity contribution in [1.82, 2.24) is 0 Å². The van der Waals surface area contributed by atoms with E-state index in [2.05, 4.69) is 60.7 Å². The van der Waals surface area contributed by atoms with Gasteiger partial charge in [0.25, 0.3) is 0 Å². The molecule has 0 heterocycles. The summed E-state index contributed by atoms with van der Waals surface area (Å²) in [6.07, 6.45) is 8.32. The molecule has 4 nitrogen and oxygen atoms in total. The molecule has 0 saturated carbocycles. The highest BCUT2D eigenvalue weighted by Gasteiger charge is 2.32. The number of methoxy groups -OCH3 is 4. The molecule has 2 aliphatic carbocycles. The summed E-state index contributed by atoms with van der Waals surface area (Å²) in [5.74, 6) is 0.681. The maximum Gasteiger partial charge on any atom is 0.180 e. The van der Waals surface area contributed by atoms with Crippen molar-refractivity contribution in [2.45, 2.75) is 50.1 Å². The van der Waals surface area contributed by atoms with Crippen LogP contribution in [0.4, 0.5) is 0 Å². The number of ether oxygens (including phenoxy) is 4. The molecule has 2 unspecified atom stereocenters. The van der Waals surface area contributed by atoms with Gasteiger partial charge in [0.15, 0.2) is 12.6 Å². The summed E-state index contributed by atoms with van der Waals surface area (Å²) in [6.45, 7) is 0. The Labute approximate surface area is 191 Å². The van der Waals surface area contributed by atoms with E-state index in [9.17, 15) is 0 Å². The Balaban J connectivity index is 1.44. The van der Waals surface area contributed by atoms with Crippen LogP contribution in [0.2, 0.25) is 0 Å². The number of unbranched alkanes of at least 4 members (excludes halogenated alkanes) is 1. The van der Waals surface area contributed by atoms with Gasteiger partial charge in [0.05, 0.1) is 0 Å².